The van der Waals surface area contributed by atoms with Gasteiger partial charge in [0.25, 0.3) is 5.91 Å². The molecule has 3 aromatic carbocycles. The highest BCUT2D eigenvalue weighted by atomic mass is 35.5. The number of benzene rings is 3. The van der Waals surface area contributed by atoms with Gasteiger partial charge in [-0.3, -0.25) is 10.1 Å². The molecule has 4 aromatic rings. The monoisotopic (exact) mass is 513 g/mol. The Kier molecular flexibility index (Phi) is 7.07. The van der Waals surface area contributed by atoms with Crippen LogP contribution in [0.15, 0.2) is 59.0 Å². The highest BCUT2D eigenvalue weighted by Gasteiger charge is 2.18. The quantitative estimate of drug-likeness (QED) is 0.289. The van der Waals surface area contributed by atoms with E-state index in [2.05, 4.69) is 21.7 Å². The van der Waals surface area contributed by atoms with Gasteiger partial charge in [-0.1, -0.05) is 35.3 Å². The molecule has 2 N–H and O–H groups in total. The van der Waals surface area contributed by atoms with Crippen LogP contribution in [0.3, 0.4) is 0 Å². The summed E-state index contributed by atoms with van der Waals surface area (Å²) in [6.07, 6.45) is -0.837. The molecule has 174 valence electrons. The van der Waals surface area contributed by atoms with Gasteiger partial charge in [0.15, 0.2) is 16.8 Å². The lowest BCUT2D eigenvalue weighted by Crippen LogP contribution is -2.42. The molecule has 1 atom stereocenters. The average Bonchev–Trinajstić information content (AvgIpc) is 3.20. The van der Waals surface area contributed by atoms with Crippen LogP contribution in [0, 0.1) is 13.8 Å². The Hall–Kier alpha value is -3.13. The molecule has 0 fully saturated rings. The minimum atomic E-state index is -0.837. The molecular weight excluding hydrogens is 493 g/mol. The van der Waals surface area contributed by atoms with Crippen molar-refractivity contribution in [2.75, 3.05) is 5.32 Å². The number of nitrogens with one attached hydrogen (secondary N) is 2. The van der Waals surface area contributed by atoms with E-state index in [1.807, 2.05) is 44.2 Å². The van der Waals surface area contributed by atoms with E-state index in [0.29, 0.717) is 27.4 Å². The number of aryl methyl sites for hydroxylation is 2. The molecule has 6 nitrogen and oxygen atoms in total. The largest absolute Gasteiger partial charge is 0.479 e. The van der Waals surface area contributed by atoms with Gasteiger partial charge in [0.2, 0.25) is 5.89 Å². The molecule has 1 unspecified atom stereocenters. The van der Waals surface area contributed by atoms with Crippen LogP contribution in [0.1, 0.15) is 18.1 Å². The Bertz CT molecular complexity index is 1400. The Morgan fingerprint density at radius 3 is 2.68 bits per heavy atom. The summed E-state index contributed by atoms with van der Waals surface area (Å²) in [5, 5.41) is 6.55. The van der Waals surface area contributed by atoms with Crippen molar-refractivity contribution in [3.05, 3.63) is 75.8 Å². The van der Waals surface area contributed by atoms with Crippen molar-refractivity contribution in [3.8, 4) is 17.2 Å². The van der Waals surface area contributed by atoms with Crippen molar-refractivity contribution >= 4 is 63.2 Å². The minimum absolute atomic E-state index is 0.129. The van der Waals surface area contributed by atoms with Gasteiger partial charge in [-0.25, -0.2) is 4.98 Å². The second-order valence-electron chi connectivity index (χ2n) is 7.81. The zero-order valence-electron chi connectivity index (χ0n) is 18.6. The number of aromatic nitrogens is 1. The number of carbonyl (C=O) groups is 1. The number of carbonyl (C=O) groups excluding carboxylic acids is 1. The van der Waals surface area contributed by atoms with E-state index in [1.54, 1.807) is 25.1 Å². The predicted molar refractivity (Wildman–Crippen MR) is 140 cm³/mol. The molecule has 0 saturated heterocycles. The molecule has 0 spiro atoms. The third kappa shape index (κ3) is 5.50. The van der Waals surface area contributed by atoms with Crippen LogP contribution in [-0.2, 0) is 4.79 Å². The summed E-state index contributed by atoms with van der Waals surface area (Å²) in [6.45, 7) is 5.62. The van der Waals surface area contributed by atoms with E-state index in [4.69, 9.17) is 44.6 Å². The summed E-state index contributed by atoms with van der Waals surface area (Å²) in [4.78, 5) is 17.1. The van der Waals surface area contributed by atoms with Gasteiger partial charge in [-0.05, 0) is 86.6 Å². The van der Waals surface area contributed by atoms with Crippen LogP contribution < -0.4 is 15.4 Å². The SMILES string of the molecule is Cc1cc(C)c2oc(-c3cccc(NC(=S)NC(=O)C(C)Oc4ccc(Cl)cc4Cl)c3)nc2c1. The molecule has 0 radical (unpaired) electrons. The lowest BCUT2D eigenvalue weighted by atomic mass is 10.1. The normalized spacial score (nSPS) is 11.8. The number of fused-ring (bicyclic) bond motifs is 1. The minimum Gasteiger partial charge on any atom is -0.479 e. The maximum absolute atomic E-state index is 12.5. The van der Waals surface area contributed by atoms with Crippen LogP contribution in [0.25, 0.3) is 22.6 Å². The maximum atomic E-state index is 12.5. The smallest absolute Gasteiger partial charge is 0.266 e. The topological polar surface area (TPSA) is 76.4 Å². The zero-order valence-corrected chi connectivity index (χ0v) is 20.9. The number of anilines is 1. The van der Waals surface area contributed by atoms with E-state index in [9.17, 15) is 4.79 Å². The molecule has 1 heterocycles. The van der Waals surface area contributed by atoms with Crippen molar-refractivity contribution < 1.29 is 13.9 Å². The summed E-state index contributed by atoms with van der Waals surface area (Å²) in [5.41, 5.74) is 5.18. The molecule has 1 aromatic heterocycles. The van der Waals surface area contributed by atoms with E-state index >= 15 is 0 Å². The van der Waals surface area contributed by atoms with Crippen molar-refractivity contribution in [2.45, 2.75) is 26.9 Å². The van der Waals surface area contributed by atoms with Gasteiger partial charge in [-0.2, -0.15) is 0 Å². The van der Waals surface area contributed by atoms with Crippen molar-refractivity contribution in [2.24, 2.45) is 0 Å². The first-order chi connectivity index (χ1) is 16.2. The van der Waals surface area contributed by atoms with Gasteiger partial charge in [0, 0.05) is 16.3 Å². The van der Waals surface area contributed by atoms with Gasteiger partial charge in [-0.15, -0.1) is 0 Å². The van der Waals surface area contributed by atoms with E-state index < -0.39 is 12.0 Å². The van der Waals surface area contributed by atoms with Crippen molar-refractivity contribution in [1.82, 2.24) is 10.3 Å². The van der Waals surface area contributed by atoms with Crippen molar-refractivity contribution in [1.29, 1.82) is 0 Å². The fourth-order valence-corrected chi connectivity index (χ4v) is 4.09. The van der Waals surface area contributed by atoms with Crippen LogP contribution in [0.2, 0.25) is 10.0 Å². The Morgan fingerprint density at radius 2 is 1.91 bits per heavy atom. The van der Waals surface area contributed by atoms with E-state index in [1.165, 1.54) is 0 Å². The molecule has 1 amide bonds. The van der Waals surface area contributed by atoms with Crippen LogP contribution in [0.4, 0.5) is 5.69 Å². The first-order valence-electron chi connectivity index (χ1n) is 10.4. The fourth-order valence-electron chi connectivity index (χ4n) is 3.42. The van der Waals surface area contributed by atoms with Crippen LogP contribution in [0.5, 0.6) is 5.75 Å². The maximum Gasteiger partial charge on any atom is 0.266 e. The Balaban J connectivity index is 1.42. The first-order valence-corrected chi connectivity index (χ1v) is 11.6. The number of rotatable bonds is 5. The fraction of sp³-hybridized carbons (Fsp3) is 0.160. The molecule has 34 heavy (non-hydrogen) atoms. The third-order valence-corrected chi connectivity index (χ3v) is 5.73. The number of thiocarbonyl (C=S) groups is 1. The molecule has 0 aliphatic carbocycles. The third-order valence-electron chi connectivity index (χ3n) is 4.99. The first kappa shape index (κ1) is 24.0. The lowest BCUT2D eigenvalue weighted by Gasteiger charge is -2.16. The van der Waals surface area contributed by atoms with E-state index in [-0.39, 0.29) is 5.11 Å². The lowest BCUT2D eigenvalue weighted by molar-refractivity contribution is -0.125. The number of hydrogen-bond donors (Lipinski definition) is 2. The summed E-state index contributed by atoms with van der Waals surface area (Å²) < 4.78 is 11.6. The number of oxazole rings is 1. The molecule has 9 heteroatoms. The van der Waals surface area contributed by atoms with Crippen LogP contribution >= 0.6 is 35.4 Å². The summed E-state index contributed by atoms with van der Waals surface area (Å²) >= 11 is 17.3. The number of nitrogens with zero attached hydrogens (tertiary/aromatic N) is 1. The molecule has 0 bridgehead atoms. The molecule has 4 rings (SSSR count). The van der Waals surface area contributed by atoms with E-state index in [0.717, 1.165) is 27.8 Å². The van der Waals surface area contributed by atoms with Gasteiger partial charge in [0.1, 0.15) is 11.3 Å². The molecular formula is C25H21Cl2N3O3S. The Morgan fingerprint density at radius 1 is 1.12 bits per heavy atom. The second kappa shape index (κ2) is 10.0. The highest BCUT2D eigenvalue weighted by molar-refractivity contribution is 7.80. The molecule has 0 aliphatic rings. The highest BCUT2D eigenvalue weighted by Crippen LogP contribution is 2.29. The standard InChI is InChI=1S/C25H21Cl2N3O3S/c1-13-9-14(2)22-20(10-13)29-24(33-22)16-5-4-6-18(11-16)28-25(34)30-23(31)15(3)32-21-8-7-17(26)12-19(21)27/h4-12,15H,1-3H3,(H2,28,30,31,34). The summed E-state index contributed by atoms with van der Waals surface area (Å²) in [5.74, 6) is 0.428. The van der Waals surface area contributed by atoms with Crippen LogP contribution in [-0.4, -0.2) is 22.1 Å². The van der Waals surface area contributed by atoms with Crippen molar-refractivity contribution in [3.63, 3.8) is 0 Å². The summed E-state index contributed by atoms with van der Waals surface area (Å²) in [7, 11) is 0. The Labute approximate surface area is 212 Å². The number of hydrogen-bond acceptors (Lipinski definition) is 5. The number of ether oxygens (including phenoxy) is 1. The predicted octanol–water partition coefficient (Wildman–Crippen LogP) is 6.70. The molecule has 0 saturated carbocycles. The molecule has 0 aliphatic heterocycles. The second-order valence-corrected chi connectivity index (χ2v) is 9.06. The zero-order chi connectivity index (χ0) is 24.4. The van der Waals surface area contributed by atoms with Gasteiger partial charge >= 0.3 is 0 Å². The number of amides is 1. The average molecular weight is 514 g/mol. The van der Waals surface area contributed by atoms with Gasteiger partial charge < -0.3 is 14.5 Å². The summed E-state index contributed by atoms with van der Waals surface area (Å²) in [6, 6.07) is 16.2. The number of halogens is 2. The van der Waals surface area contributed by atoms with Gasteiger partial charge in [0.05, 0.1) is 5.02 Å².